The topological polar surface area (TPSA) is 145 Å². The molecule has 112 valence electrons. The second-order valence-corrected chi connectivity index (χ2v) is 4.25. The Labute approximate surface area is 126 Å². The van der Waals surface area contributed by atoms with E-state index in [1.165, 1.54) is 0 Å². The first-order valence-corrected chi connectivity index (χ1v) is 6.30. The predicted octanol–water partition coefficient (Wildman–Crippen LogP) is 0.554. The third-order valence-electron chi connectivity index (χ3n) is 2.54. The van der Waals surface area contributed by atoms with Crippen LogP contribution in [-0.2, 0) is 0 Å². The first-order valence-electron chi connectivity index (χ1n) is 6.30. The van der Waals surface area contributed by atoms with E-state index in [2.05, 4.69) is 20.3 Å². The summed E-state index contributed by atoms with van der Waals surface area (Å²) in [5.74, 6) is -0.484. The molecule has 0 saturated carbocycles. The van der Waals surface area contributed by atoms with Crippen LogP contribution in [0, 0.1) is 0 Å². The number of anilines is 1. The number of carbonyl (C=O) groups is 1. The maximum atomic E-state index is 12.0. The lowest BCUT2D eigenvalue weighted by molar-refractivity contribution is 0.102. The van der Waals surface area contributed by atoms with Crippen molar-refractivity contribution in [2.75, 3.05) is 5.32 Å². The molecule has 22 heavy (non-hydrogen) atoms. The van der Waals surface area contributed by atoms with Crippen molar-refractivity contribution < 1.29 is 4.79 Å². The summed E-state index contributed by atoms with van der Waals surface area (Å²) in [5.41, 5.74) is 17.5. The van der Waals surface area contributed by atoms with Gasteiger partial charge < -0.3 is 22.5 Å². The number of nitrogens with one attached hydrogen (secondary N) is 1. The van der Waals surface area contributed by atoms with Gasteiger partial charge in [-0.15, -0.1) is 0 Å². The van der Waals surface area contributed by atoms with Crippen molar-refractivity contribution >= 4 is 29.2 Å². The van der Waals surface area contributed by atoms with Gasteiger partial charge in [0, 0.05) is 11.8 Å². The molecule has 2 aromatic rings. The van der Waals surface area contributed by atoms with Crippen molar-refractivity contribution in [3.8, 4) is 0 Å². The van der Waals surface area contributed by atoms with Crippen LogP contribution in [0.4, 0.5) is 11.4 Å². The van der Waals surface area contributed by atoms with Crippen LogP contribution < -0.4 is 22.5 Å². The molecule has 0 aliphatic rings. The van der Waals surface area contributed by atoms with Crippen molar-refractivity contribution in [1.82, 2.24) is 4.98 Å². The number of guanidine groups is 2. The van der Waals surface area contributed by atoms with Crippen molar-refractivity contribution in [3.63, 3.8) is 0 Å². The lowest BCUT2D eigenvalue weighted by Crippen LogP contribution is -2.26. The van der Waals surface area contributed by atoms with Gasteiger partial charge in [-0.2, -0.15) is 4.99 Å². The highest BCUT2D eigenvalue weighted by Gasteiger charge is 2.05. The van der Waals surface area contributed by atoms with E-state index >= 15 is 0 Å². The van der Waals surface area contributed by atoms with E-state index in [0.717, 1.165) is 0 Å². The SMILES string of the molecule is NC(N)=NC(N)=Nc1ccc(C(=O)Nc2cccnc2)cc1. The number of hydrogen-bond acceptors (Lipinski definition) is 3. The van der Waals surface area contributed by atoms with E-state index in [4.69, 9.17) is 17.2 Å². The number of nitrogens with two attached hydrogens (primary N) is 3. The molecular weight excluding hydrogens is 282 g/mol. The molecular formula is C14H15N7O. The van der Waals surface area contributed by atoms with Crippen molar-refractivity contribution in [1.29, 1.82) is 0 Å². The molecule has 2 rings (SSSR count). The molecule has 0 saturated heterocycles. The summed E-state index contributed by atoms with van der Waals surface area (Å²) in [7, 11) is 0. The first-order chi connectivity index (χ1) is 10.5. The Balaban J connectivity index is 2.09. The molecule has 1 aromatic carbocycles. The summed E-state index contributed by atoms with van der Waals surface area (Å²) in [4.78, 5) is 23.5. The van der Waals surface area contributed by atoms with Crippen molar-refractivity contribution in [3.05, 3.63) is 54.4 Å². The zero-order chi connectivity index (χ0) is 15.9. The minimum absolute atomic E-state index is 0.0624. The molecule has 8 nitrogen and oxygen atoms in total. The summed E-state index contributed by atoms with van der Waals surface area (Å²) in [6, 6.07) is 9.99. The van der Waals surface area contributed by atoms with Crippen LogP contribution in [0.25, 0.3) is 0 Å². The third kappa shape index (κ3) is 4.30. The van der Waals surface area contributed by atoms with Crippen LogP contribution in [-0.4, -0.2) is 22.8 Å². The molecule has 0 aliphatic heterocycles. The fourth-order valence-electron chi connectivity index (χ4n) is 1.62. The minimum atomic E-state index is -0.249. The Morgan fingerprint density at radius 3 is 2.41 bits per heavy atom. The van der Waals surface area contributed by atoms with E-state index < -0.39 is 0 Å². The maximum absolute atomic E-state index is 12.0. The third-order valence-corrected chi connectivity index (χ3v) is 2.54. The van der Waals surface area contributed by atoms with Gasteiger partial charge in [-0.25, -0.2) is 4.99 Å². The molecule has 1 heterocycles. The largest absolute Gasteiger partial charge is 0.370 e. The van der Waals surface area contributed by atoms with Gasteiger partial charge in [-0.3, -0.25) is 9.78 Å². The fourth-order valence-corrected chi connectivity index (χ4v) is 1.62. The molecule has 8 heteroatoms. The Morgan fingerprint density at radius 2 is 1.82 bits per heavy atom. The predicted molar refractivity (Wildman–Crippen MR) is 85.7 cm³/mol. The van der Waals surface area contributed by atoms with Crippen molar-refractivity contribution in [2.45, 2.75) is 0 Å². The Kier molecular flexibility index (Phi) is 4.66. The van der Waals surface area contributed by atoms with Gasteiger partial charge in [0.15, 0.2) is 5.96 Å². The number of aliphatic imine (C=N–C) groups is 2. The lowest BCUT2D eigenvalue weighted by atomic mass is 10.2. The summed E-state index contributed by atoms with van der Waals surface area (Å²) in [5, 5.41) is 2.73. The highest BCUT2D eigenvalue weighted by molar-refractivity contribution is 6.04. The van der Waals surface area contributed by atoms with Gasteiger partial charge in [0.2, 0.25) is 5.96 Å². The number of aromatic nitrogens is 1. The van der Waals surface area contributed by atoms with Crippen LogP contribution in [0.5, 0.6) is 0 Å². The van der Waals surface area contributed by atoms with E-state index in [0.29, 0.717) is 16.9 Å². The zero-order valence-electron chi connectivity index (χ0n) is 11.6. The van der Waals surface area contributed by atoms with Crippen LogP contribution in [0.2, 0.25) is 0 Å². The number of nitrogens with zero attached hydrogens (tertiary/aromatic N) is 3. The van der Waals surface area contributed by atoms with E-state index in [1.807, 2.05) is 0 Å². The number of pyridine rings is 1. The van der Waals surface area contributed by atoms with E-state index in [-0.39, 0.29) is 17.8 Å². The minimum Gasteiger partial charge on any atom is -0.370 e. The average Bonchev–Trinajstić information content (AvgIpc) is 2.48. The smallest absolute Gasteiger partial charge is 0.255 e. The van der Waals surface area contributed by atoms with Crippen LogP contribution in [0.1, 0.15) is 10.4 Å². The molecule has 0 aliphatic carbocycles. The number of rotatable bonds is 3. The highest BCUT2D eigenvalue weighted by atomic mass is 16.1. The highest BCUT2D eigenvalue weighted by Crippen LogP contribution is 2.14. The molecule has 0 fully saturated rings. The normalized spacial score (nSPS) is 10.8. The molecule has 1 aromatic heterocycles. The molecule has 7 N–H and O–H groups in total. The molecule has 0 radical (unpaired) electrons. The Morgan fingerprint density at radius 1 is 1.09 bits per heavy atom. The summed E-state index contributed by atoms with van der Waals surface area (Å²) in [6.45, 7) is 0. The van der Waals surface area contributed by atoms with Crippen LogP contribution >= 0.6 is 0 Å². The monoisotopic (exact) mass is 297 g/mol. The van der Waals surface area contributed by atoms with Crippen LogP contribution in [0.3, 0.4) is 0 Å². The maximum Gasteiger partial charge on any atom is 0.255 e. The van der Waals surface area contributed by atoms with Gasteiger partial charge in [0.05, 0.1) is 17.6 Å². The summed E-state index contributed by atoms with van der Waals surface area (Å²) >= 11 is 0. The van der Waals surface area contributed by atoms with Gasteiger partial charge >= 0.3 is 0 Å². The Hall–Kier alpha value is -3.42. The first kappa shape index (κ1) is 15.0. The van der Waals surface area contributed by atoms with E-state index in [1.54, 1.807) is 48.8 Å². The molecule has 0 bridgehead atoms. The number of amides is 1. The quantitative estimate of drug-likeness (QED) is 0.483. The van der Waals surface area contributed by atoms with E-state index in [9.17, 15) is 4.79 Å². The number of carbonyl (C=O) groups excluding carboxylic acids is 1. The second-order valence-electron chi connectivity index (χ2n) is 4.25. The molecule has 0 atom stereocenters. The number of benzene rings is 1. The van der Waals surface area contributed by atoms with Crippen LogP contribution in [0.15, 0.2) is 58.8 Å². The van der Waals surface area contributed by atoms with Gasteiger partial charge in [0.25, 0.3) is 5.91 Å². The summed E-state index contributed by atoms with van der Waals surface area (Å²) in [6.07, 6.45) is 3.19. The standard InChI is InChI=1S/C14H15N7O/c15-13(16)21-14(17)20-10-5-3-9(4-6-10)12(22)19-11-2-1-7-18-8-11/h1-8H,(H,19,22)(H6,15,16,17,20,21). The fraction of sp³-hybridized carbons (Fsp3) is 0. The zero-order valence-corrected chi connectivity index (χ0v) is 11.6. The van der Waals surface area contributed by atoms with Gasteiger partial charge in [0.1, 0.15) is 0 Å². The Bertz CT molecular complexity index is 704. The molecule has 0 spiro atoms. The summed E-state index contributed by atoms with van der Waals surface area (Å²) < 4.78 is 0. The number of hydrogen-bond donors (Lipinski definition) is 4. The average molecular weight is 297 g/mol. The molecule has 1 amide bonds. The van der Waals surface area contributed by atoms with Gasteiger partial charge in [-0.1, -0.05) is 0 Å². The second kappa shape index (κ2) is 6.84. The molecule has 0 unspecified atom stereocenters. The van der Waals surface area contributed by atoms with Gasteiger partial charge in [-0.05, 0) is 36.4 Å². The lowest BCUT2D eigenvalue weighted by Gasteiger charge is -2.04. The van der Waals surface area contributed by atoms with Crippen molar-refractivity contribution in [2.24, 2.45) is 27.2 Å².